The van der Waals surface area contributed by atoms with Crippen LogP contribution >= 0.6 is 0 Å². The van der Waals surface area contributed by atoms with E-state index in [-0.39, 0.29) is 53.9 Å². The number of alkyl halides is 3. The van der Waals surface area contributed by atoms with Crippen LogP contribution in [0.3, 0.4) is 0 Å². The van der Waals surface area contributed by atoms with Gasteiger partial charge >= 0.3 is 6.18 Å². The van der Waals surface area contributed by atoms with E-state index in [1.165, 1.54) is 37.4 Å². The minimum atomic E-state index is -4.72. The largest absolute Gasteiger partial charge is 0.418 e. The number of nitriles is 1. The molecule has 11 nitrogen and oxygen atoms in total. The summed E-state index contributed by atoms with van der Waals surface area (Å²) in [7, 11) is 3.86. The Kier molecular flexibility index (Phi) is 8.60. The molecule has 1 aromatic carbocycles. The highest BCUT2D eigenvalue weighted by atomic mass is 19.4. The van der Waals surface area contributed by atoms with Crippen LogP contribution in [-0.4, -0.2) is 94.4 Å². The lowest BCUT2D eigenvalue weighted by Gasteiger charge is -2.41. The Hall–Kier alpha value is -4.51. The van der Waals surface area contributed by atoms with Crippen molar-refractivity contribution in [3.63, 3.8) is 0 Å². The summed E-state index contributed by atoms with van der Waals surface area (Å²) in [6.07, 6.45) is -0.0885. The summed E-state index contributed by atoms with van der Waals surface area (Å²) >= 11 is 0. The van der Waals surface area contributed by atoms with E-state index in [2.05, 4.69) is 27.6 Å². The molecule has 4 heterocycles. The van der Waals surface area contributed by atoms with Crippen LogP contribution in [0.4, 0.5) is 24.9 Å². The van der Waals surface area contributed by atoms with Crippen LogP contribution in [0, 0.1) is 18.3 Å². The zero-order valence-electron chi connectivity index (χ0n) is 24.9. The van der Waals surface area contributed by atoms with E-state index in [4.69, 9.17) is 4.98 Å². The minimum absolute atomic E-state index is 0.0382. The third kappa shape index (κ3) is 5.84. The fraction of sp³-hybridized carbons (Fsp3) is 0.467. The second kappa shape index (κ2) is 12.2. The number of carbonyl (C=O) groups excluding carboxylic acids is 1. The van der Waals surface area contributed by atoms with E-state index in [1.54, 1.807) is 4.90 Å². The number of carbonyl (C=O) groups is 1. The van der Waals surface area contributed by atoms with Gasteiger partial charge in [-0.1, -0.05) is 18.7 Å². The van der Waals surface area contributed by atoms with Gasteiger partial charge in [0.05, 0.1) is 41.4 Å². The predicted molar refractivity (Wildman–Crippen MR) is 160 cm³/mol. The molecule has 2 atom stereocenters. The molecule has 44 heavy (non-hydrogen) atoms. The van der Waals surface area contributed by atoms with E-state index >= 15 is 0 Å². The van der Waals surface area contributed by atoms with Crippen LogP contribution in [0.5, 0.6) is 0 Å². The molecule has 0 aliphatic carbocycles. The van der Waals surface area contributed by atoms with Gasteiger partial charge in [-0.05, 0) is 51.1 Å². The van der Waals surface area contributed by atoms with Crippen molar-refractivity contribution in [3.8, 4) is 11.8 Å². The van der Waals surface area contributed by atoms with Crippen LogP contribution < -0.4 is 15.4 Å². The van der Waals surface area contributed by atoms with Gasteiger partial charge in [-0.2, -0.15) is 33.2 Å². The summed E-state index contributed by atoms with van der Waals surface area (Å²) in [4.78, 5) is 43.4. The van der Waals surface area contributed by atoms with Gasteiger partial charge in [0.2, 0.25) is 11.9 Å². The molecular formula is C30H34F3N9O2. The highest BCUT2D eigenvalue weighted by molar-refractivity contribution is 5.90. The molecule has 2 fully saturated rings. The number of benzene rings is 1. The molecular weight excluding hydrogens is 575 g/mol. The number of halogens is 3. The van der Waals surface area contributed by atoms with Gasteiger partial charge in [-0.15, -0.1) is 0 Å². The predicted octanol–water partition coefficient (Wildman–Crippen LogP) is 3.15. The number of likely N-dealkylation sites (N-methyl/N-ethyl adjacent to an activating group) is 2. The van der Waals surface area contributed by atoms with Gasteiger partial charge in [0.25, 0.3) is 5.56 Å². The molecule has 0 unspecified atom stereocenters. The van der Waals surface area contributed by atoms with Crippen molar-refractivity contribution >= 4 is 28.6 Å². The van der Waals surface area contributed by atoms with Crippen LogP contribution in [-0.2, 0) is 11.0 Å². The van der Waals surface area contributed by atoms with E-state index < -0.39 is 29.0 Å². The van der Waals surface area contributed by atoms with Crippen molar-refractivity contribution in [3.05, 3.63) is 58.5 Å². The summed E-state index contributed by atoms with van der Waals surface area (Å²) in [5.74, 6) is 0.313. The Balaban J connectivity index is 1.66. The Labute approximate surface area is 252 Å². The number of hydrogen-bond donors (Lipinski definition) is 0. The number of likely N-dealkylation sites (tertiary alicyclic amines) is 1. The van der Waals surface area contributed by atoms with Gasteiger partial charge in [-0.3, -0.25) is 9.59 Å². The number of piperazine rings is 1. The number of nitrogens with zero attached hydrogens (tertiary/aromatic N) is 9. The maximum absolute atomic E-state index is 14.1. The van der Waals surface area contributed by atoms with Crippen LogP contribution in [0.1, 0.15) is 30.4 Å². The van der Waals surface area contributed by atoms with Crippen LogP contribution in [0.2, 0.25) is 0 Å². The van der Waals surface area contributed by atoms with E-state index in [9.17, 15) is 28.0 Å². The third-order valence-corrected chi connectivity index (χ3v) is 8.44. The van der Waals surface area contributed by atoms with Gasteiger partial charge in [0.1, 0.15) is 11.3 Å². The molecule has 0 bridgehead atoms. The SMILES string of the molecule is C=CC(=O)N1CCN(c2nc(N(C)C[C@@H]3CCCN3C)nc3c(=O)n(-c4cccc(C)c4C(F)(F)F)ncc23)C[C@@H]1CC#N. The topological polar surface area (TPSA) is 114 Å². The zero-order valence-corrected chi connectivity index (χ0v) is 24.9. The Morgan fingerprint density at radius 3 is 2.66 bits per heavy atom. The molecule has 2 aliphatic heterocycles. The highest BCUT2D eigenvalue weighted by Gasteiger charge is 2.37. The first-order chi connectivity index (χ1) is 20.9. The van der Waals surface area contributed by atoms with Crippen molar-refractivity contribution < 1.29 is 18.0 Å². The monoisotopic (exact) mass is 609 g/mol. The average molecular weight is 610 g/mol. The molecule has 1 amide bonds. The van der Waals surface area contributed by atoms with Gasteiger partial charge < -0.3 is 19.6 Å². The van der Waals surface area contributed by atoms with E-state index in [1.807, 2.05) is 23.9 Å². The minimum Gasteiger partial charge on any atom is -0.352 e. The van der Waals surface area contributed by atoms with Crippen molar-refractivity contribution in [2.24, 2.45) is 0 Å². The van der Waals surface area contributed by atoms with Crippen LogP contribution in [0.15, 0.2) is 41.8 Å². The summed E-state index contributed by atoms with van der Waals surface area (Å²) < 4.78 is 43.1. The Bertz CT molecular complexity index is 1680. The van der Waals surface area contributed by atoms with Crippen molar-refractivity contribution in [1.29, 1.82) is 5.26 Å². The molecule has 232 valence electrons. The van der Waals surface area contributed by atoms with Crippen molar-refractivity contribution in [1.82, 2.24) is 29.5 Å². The zero-order chi connectivity index (χ0) is 31.8. The van der Waals surface area contributed by atoms with E-state index in [0.29, 0.717) is 18.9 Å². The molecule has 14 heteroatoms. The lowest BCUT2D eigenvalue weighted by Crippen LogP contribution is -2.55. The molecule has 0 spiro atoms. The standard InChI is InChI=1S/C30H34F3N9O2/c1-5-24(43)41-15-14-40(18-21(41)11-12-34)27-22-16-35-42(23-10-6-8-19(2)25(23)30(31,32)33)28(44)26(22)36-29(37-27)39(4)17-20-9-7-13-38(20)3/h5-6,8,10,16,20-21H,1,7,9,11,13-15,17-18H2,2-4H3/t20-,21-/m0/s1. The fourth-order valence-electron chi connectivity index (χ4n) is 6.12. The highest BCUT2D eigenvalue weighted by Crippen LogP contribution is 2.36. The summed E-state index contributed by atoms with van der Waals surface area (Å²) in [5.41, 5.74) is -2.28. The molecule has 0 N–H and O–H groups in total. The molecule has 2 saturated heterocycles. The number of hydrogen-bond acceptors (Lipinski definition) is 9. The average Bonchev–Trinajstić information content (AvgIpc) is 3.39. The number of fused-ring (bicyclic) bond motifs is 1. The van der Waals surface area contributed by atoms with Crippen molar-refractivity contribution in [2.45, 2.75) is 44.4 Å². The Morgan fingerprint density at radius 1 is 1.23 bits per heavy atom. The first kappa shape index (κ1) is 30.9. The van der Waals surface area contributed by atoms with Gasteiger partial charge in [0.15, 0.2) is 0 Å². The number of amides is 1. The lowest BCUT2D eigenvalue weighted by molar-refractivity contribution is -0.138. The van der Waals surface area contributed by atoms with Gasteiger partial charge in [-0.25, -0.2) is 4.98 Å². The third-order valence-electron chi connectivity index (χ3n) is 8.44. The first-order valence-corrected chi connectivity index (χ1v) is 14.4. The maximum Gasteiger partial charge on any atom is 0.418 e. The quantitative estimate of drug-likeness (QED) is 0.373. The normalized spacial score (nSPS) is 19.3. The number of anilines is 2. The number of rotatable bonds is 7. The summed E-state index contributed by atoms with van der Waals surface area (Å²) in [6.45, 7) is 7.30. The summed E-state index contributed by atoms with van der Waals surface area (Å²) in [5, 5.41) is 13.9. The second-order valence-electron chi connectivity index (χ2n) is 11.3. The summed E-state index contributed by atoms with van der Waals surface area (Å²) in [6, 6.07) is 5.90. The molecule has 0 saturated carbocycles. The smallest absolute Gasteiger partial charge is 0.352 e. The lowest BCUT2D eigenvalue weighted by atomic mass is 10.1. The molecule has 0 radical (unpaired) electrons. The molecule has 2 aliphatic rings. The van der Waals surface area contributed by atoms with Crippen LogP contribution in [0.25, 0.3) is 16.6 Å². The van der Waals surface area contributed by atoms with E-state index in [0.717, 1.165) is 24.1 Å². The fourth-order valence-corrected chi connectivity index (χ4v) is 6.12. The molecule has 3 aromatic rings. The number of aryl methyl sites for hydroxylation is 1. The molecule has 5 rings (SSSR count). The first-order valence-electron chi connectivity index (χ1n) is 14.4. The maximum atomic E-state index is 14.1. The Morgan fingerprint density at radius 2 is 2.00 bits per heavy atom. The second-order valence-corrected chi connectivity index (χ2v) is 11.3. The number of aromatic nitrogens is 4. The molecule has 2 aromatic heterocycles. The van der Waals surface area contributed by atoms with Gasteiger partial charge in [0, 0.05) is 39.3 Å². The van der Waals surface area contributed by atoms with Crippen molar-refractivity contribution in [2.75, 3.05) is 56.6 Å².